The number of halogens is 1. The first-order valence-corrected chi connectivity index (χ1v) is 11.0. The number of aliphatic imine (C=N–C) groups is 1. The first-order chi connectivity index (χ1) is 15.8. The lowest BCUT2D eigenvalue weighted by molar-refractivity contribution is 0.198. The highest BCUT2D eigenvalue weighted by Crippen LogP contribution is 2.34. The number of nitrogens with one attached hydrogen (secondary N) is 2. The Kier molecular flexibility index (Phi) is 9.35. The maximum absolute atomic E-state index is 6.33. The van der Waals surface area contributed by atoms with E-state index < -0.39 is 0 Å². The van der Waals surface area contributed by atoms with Crippen molar-refractivity contribution in [2.75, 3.05) is 14.2 Å². The lowest BCUT2D eigenvalue weighted by Crippen LogP contribution is -2.37. The molecule has 1 aliphatic rings. The number of benzene rings is 2. The molecule has 0 aliphatic heterocycles. The molecule has 8 nitrogen and oxygen atoms in total. The minimum absolute atomic E-state index is 0. The number of hydrogen-bond acceptors (Lipinski definition) is 5. The maximum Gasteiger partial charge on any atom is 0.191 e. The first kappa shape index (κ1) is 24.8. The fourth-order valence-electron chi connectivity index (χ4n) is 3.91. The average molecular weight is 562 g/mol. The molecule has 1 aromatic heterocycles. The summed E-state index contributed by atoms with van der Waals surface area (Å²) in [5.41, 5.74) is 2.05. The minimum atomic E-state index is 0. The third-order valence-corrected chi connectivity index (χ3v) is 5.60. The predicted octanol–water partition coefficient (Wildman–Crippen LogP) is 4.08. The van der Waals surface area contributed by atoms with Gasteiger partial charge in [0, 0.05) is 24.8 Å². The van der Waals surface area contributed by atoms with Crippen LogP contribution in [0.3, 0.4) is 0 Å². The number of aromatic nitrogens is 3. The molecule has 3 aromatic rings. The molecule has 0 radical (unpaired) electrons. The molecule has 2 aromatic carbocycles. The Morgan fingerprint density at radius 1 is 1.06 bits per heavy atom. The van der Waals surface area contributed by atoms with Gasteiger partial charge in [-0.1, -0.05) is 30.3 Å². The molecule has 0 amide bonds. The van der Waals surface area contributed by atoms with Gasteiger partial charge in [-0.25, -0.2) is 0 Å². The van der Waals surface area contributed by atoms with Crippen LogP contribution in [-0.2, 0) is 13.1 Å². The van der Waals surface area contributed by atoms with Crippen LogP contribution in [0.5, 0.6) is 11.5 Å². The van der Waals surface area contributed by atoms with E-state index in [0.717, 1.165) is 41.4 Å². The van der Waals surface area contributed by atoms with E-state index in [1.165, 1.54) is 12.8 Å². The zero-order valence-electron chi connectivity index (χ0n) is 19.0. The van der Waals surface area contributed by atoms with Crippen molar-refractivity contribution in [3.63, 3.8) is 0 Å². The van der Waals surface area contributed by atoms with Gasteiger partial charge in [0.2, 0.25) is 0 Å². The van der Waals surface area contributed by atoms with Crippen LogP contribution in [0, 0.1) is 0 Å². The van der Waals surface area contributed by atoms with Crippen LogP contribution in [0.15, 0.2) is 59.9 Å². The van der Waals surface area contributed by atoms with Crippen molar-refractivity contribution in [3.8, 4) is 17.2 Å². The lowest BCUT2D eigenvalue weighted by atomic mass is 10.1. The Bertz CT molecular complexity index is 1030. The van der Waals surface area contributed by atoms with Gasteiger partial charge in [0.25, 0.3) is 0 Å². The Hall–Kier alpha value is -2.82. The number of hydrogen-bond donors (Lipinski definition) is 2. The van der Waals surface area contributed by atoms with Gasteiger partial charge in [-0.3, -0.25) is 9.56 Å². The number of ether oxygens (including phenoxy) is 2. The number of rotatable bonds is 8. The van der Waals surface area contributed by atoms with Crippen molar-refractivity contribution in [2.24, 2.45) is 4.99 Å². The van der Waals surface area contributed by atoms with Crippen molar-refractivity contribution >= 4 is 29.9 Å². The molecule has 0 spiro atoms. The highest BCUT2D eigenvalue weighted by atomic mass is 127. The van der Waals surface area contributed by atoms with Gasteiger partial charge in [0.15, 0.2) is 23.3 Å². The van der Waals surface area contributed by atoms with E-state index in [1.807, 2.05) is 47.0 Å². The highest BCUT2D eigenvalue weighted by molar-refractivity contribution is 14.0. The summed E-state index contributed by atoms with van der Waals surface area (Å²) in [6, 6.07) is 16.0. The summed E-state index contributed by atoms with van der Waals surface area (Å²) in [5.74, 6) is 3.04. The second-order valence-electron chi connectivity index (χ2n) is 7.70. The third kappa shape index (κ3) is 6.37. The van der Waals surface area contributed by atoms with Crippen molar-refractivity contribution in [3.05, 3.63) is 66.2 Å². The van der Waals surface area contributed by atoms with E-state index in [0.29, 0.717) is 19.0 Å². The fourth-order valence-corrected chi connectivity index (χ4v) is 3.91. The molecule has 1 saturated carbocycles. The molecule has 0 atom stereocenters. The average Bonchev–Trinajstić information content (AvgIpc) is 3.52. The molecular formula is C24H31IN6O2. The molecule has 9 heteroatoms. The van der Waals surface area contributed by atoms with Gasteiger partial charge in [0.1, 0.15) is 6.33 Å². The van der Waals surface area contributed by atoms with E-state index in [-0.39, 0.29) is 30.1 Å². The van der Waals surface area contributed by atoms with E-state index >= 15 is 0 Å². The summed E-state index contributed by atoms with van der Waals surface area (Å²) < 4.78 is 13.8. The Balaban J connectivity index is 0.00000306. The topological polar surface area (TPSA) is 85.6 Å². The van der Waals surface area contributed by atoms with Crippen LogP contribution >= 0.6 is 24.0 Å². The molecule has 4 rings (SSSR count). The molecule has 1 heterocycles. The fraction of sp³-hybridized carbons (Fsp3) is 0.375. The van der Waals surface area contributed by atoms with Gasteiger partial charge in [-0.15, -0.1) is 34.2 Å². The van der Waals surface area contributed by atoms with Gasteiger partial charge in [-0.05, 0) is 43.9 Å². The van der Waals surface area contributed by atoms with E-state index in [2.05, 4.69) is 31.9 Å². The van der Waals surface area contributed by atoms with Crippen LogP contribution in [0.2, 0.25) is 0 Å². The summed E-state index contributed by atoms with van der Waals surface area (Å²) in [4.78, 5) is 4.35. The SMILES string of the molecule is CN=C(NCc1cccc(OC)c1OC1CCCC1)NCc1nncn1-c1ccccc1.I. The lowest BCUT2D eigenvalue weighted by Gasteiger charge is -2.20. The van der Waals surface area contributed by atoms with Gasteiger partial charge < -0.3 is 20.1 Å². The highest BCUT2D eigenvalue weighted by Gasteiger charge is 2.20. The summed E-state index contributed by atoms with van der Waals surface area (Å²) >= 11 is 0. The smallest absolute Gasteiger partial charge is 0.191 e. The summed E-state index contributed by atoms with van der Waals surface area (Å²) in [6.07, 6.45) is 6.60. The number of nitrogens with zero attached hydrogens (tertiary/aromatic N) is 4. The quantitative estimate of drug-likeness (QED) is 0.245. The van der Waals surface area contributed by atoms with E-state index in [9.17, 15) is 0 Å². The summed E-state index contributed by atoms with van der Waals surface area (Å²) in [5, 5.41) is 15.0. The number of guanidine groups is 1. The second kappa shape index (κ2) is 12.4. The molecule has 2 N–H and O–H groups in total. The molecular weight excluding hydrogens is 531 g/mol. The molecule has 0 bridgehead atoms. The standard InChI is InChI=1S/C24H30N6O2.HI/c1-25-24(27-16-22-29-28-17-30(22)19-10-4-3-5-11-19)26-15-18-9-8-14-21(31-2)23(18)32-20-12-6-7-13-20;/h3-5,8-11,14,17,20H,6-7,12-13,15-16H2,1-2H3,(H2,25,26,27);1H. The van der Waals surface area contributed by atoms with Crippen LogP contribution < -0.4 is 20.1 Å². The summed E-state index contributed by atoms with van der Waals surface area (Å²) in [7, 11) is 3.43. The van der Waals surface area contributed by atoms with Crippen molar-refractivity contribution in [2.45, 2.75) is 44.9 Å². The monoisotopic (exact) mass is 562 g/mol. The van der Waals surface area contributed by atoms with Crippen molar-refractivity contribution in [1.29, 1.82) is 0 Å². The normalized spacial score (nSPS) is 13.9. The van der Waals surface area contributed by atoms with Gasteiger partial charge in [-0.2, -0.15) is 0 Å². The maximum atomic E-state index is 6.33. The van der Waals surface area contributed by atoms with Crippen LogP contribution in [-0.4, -0.2) is 41.0 Å². The molecule has 0 unspecified atom stereocenters. The van der Waals surface area contributed by atoms with Gasteiger partial charge >= 0.3 is 0 Å². The largest absolute Gasteiger partial charge is 0.493 e. The molecule has 1 aliphatic carbocycles. The van der Waals surface area contributed by atoms with E-state index in [1.54, 1.807) is 20.5 Å². The molecule has 1 fully saturated rings. The minimum Gasteiger partial charge on any atom is -0.493 e. The van der Waals surface area contributed by atoms with Crippen molar-refractivity contribution in [1.82, 2.24) is 25.4 Å². The number of methoxy groups -OCH3 is 1. The van der Waals surface area contributed by atoms with E-state index in [4.69, 9.17) is 9.47 Å². The number of para-hydroxylation sites is 2. The Morgan fingerprint density at radius 2 is 1.82 bits per heavy atom. The third-order valence-electron chi connectivity index (χ3n) is 5.60. The summed E-state index contributed by atoms with van der Waals surface area (Å²) in [6.45, 7) is 1.04. The molecule has 176 valence electrons. The molecule has 33 heavy (non-hydrogen) atoms. The predicted molar refractivity (Wildman–Crippen MR) is 140 cm³/mol. The molecule has 0 saturated heterocycles. The zero-order valence-corrected chi connectivity index (χ0v) is 21.4. The second-order valence-corrected chi connectivity index (χ2v) is 7.70. The van der Waals surface area contributed by atoms with Crippen LogP contribution in [0.4, 0.5) is 0 Å². The Morgan fingerprint density at radius 3 is 2.55 bits per heavy atom. The van der Waals surface area contributed by atoms with Crippen LogP contribution in [0.25, 0.3) is 5.69 Å². The van der Waals surface area contributed by atoms with Crippen LogP contribution in [0.1, 0.15) is 37.1 Å². The van der Waals surface area contributed by atoms with Gasteiger partial charge in [0.05, 0.1) is 19.8 Å². The zero-order chi connectivity index (χ0) is 22.2. The van der Waals surface area contributed by atoms with Crippen molar-refractivity contribution < 1.29 is 9.47 Å². The first-order valence-electron chi connectivity index (χ1n) is 11.0. The Labute approximate surface area is 211 Å².